The predicted molar refractivity (Wildman–Crippen MR) is 105 cm³/mol. The average molecular weight is 370 g/mol. The summed E-state index contributed by atoms with van der Waals surface area (Å²) in [7, 11) is 2.21. The molecule has 3 aliphatic heterocycles. The van der Waals surface area contributed by atoms with E-state index < -0.39 is 0 Å². The average Bonchev–Trinajstić information content (AvgIpc) is 2.92. The van der Waals surface area contributed by atoms with E-state index in [0.29, 0.717) is 31.7 Å². The van der Waals surface area contributed by atoms with E-state index in [1.165, 1.54) is 12.0 Å². The Morgan fingerprint density at radius 1 is 1.00 bits per heavy atom. The van der Waals surface area contributed by atoms with Crippen molar-refractivity contribution in [2.45, 2.75) is 44.8 Å². The van der Waals surface area contributed by atoms with Gasteiger partial charge in [-0.25, -0.2) is 0 Å². The summed E-state index contributed by atoms with van der Waals surface area (Å²) < 4.78 is 0. The Hall–Kier alpha value is -2.08. The SMILES string of the molecule is CC(=O)N1CC(C(=O)N2Cc3ccccc3NCC[C@@H]3CC[C@H](C2)N3C)C1. The van der Waals surface area contributed by atoms with Crippen molar-refractivity contribution in [2.75, 3.05) is 38.5 Å². The number of likely N-dealkylation sites (N-methyl/N-ethyl adjacent to an activating group) is 1. The van der Waals surface area contributed by atoms with Crippen molar-refractivity contribution >= 4 is 17.5 Å². The van der Waals surface area contributed by atoms with Gasteiger partial charge >= 0.3 is 0 Å². The first kappa shape index (κ1) is 18.3. The van der Waals surface area contributed by atoms with Gasteiger partial charge in [0, 0.05) is 57.4 Å². The molecule has 2 bridgehead atoms. The normalized spacial score (nSPS) is 26.6. The van der Waals surface area contributed by atoms with E-state index in [2.05, 4.69) is 29.4 Å². The second-order valence-corrected chi connectivity index (χ2v) is 8.26. The van der Waals surface area contributed by atoms with Crippen molar-refractivity contribution in [1.29, 1.82) is 0 Å². The minimum atomic E-state index is -0.0540. The zero-order valence-electron chi connectivity index (χ0n) is 16.4. The molecule has 6 heteroatoms. The van der Waals surface area contributed by atoms with Crippen molar-refractivity contribution in [3.63, 3.8) is 0 Å². The summed E-state index contributed by atoms with van der Waals surface area (Å²) in [5, 5.41) is 3.59. The van der Waals surface area contributed by atoms with Crippen molar-refractivity contribution in [3.05, 3.63) is 29.8 Å². The Kier molecular flexibility index (Phi) is 5.08. The Labute approximate surface area is 161 Å². The Morgan fingerprint density at radius 3 is 2.52 bits per heavy atom. The minimum Gasteiger partial charge on any atom is -0.385 e. The van der Waals surface area contributed by atoms with Crippen LogP contribution >= 0.6 is 0 Å². The highest BCUT2D eigenvalue weighted by molar-refractivity contribution is 5.84. The van der Waals surface area contributed by atoms with E-state index in [0.717, 1.165) is 31.6 Å². The lowest BCUT2D eigenvalue weighted by atomic mass is 9.97. The van der Waals surface area contributed by atoms with E-state index in [-0.39, 0.29) is 17.7 Å². The van der Waals surface area contributed by atoms with Gasteiger partial charge in [-0.1, -0.05) is 18.2 Å². The van der Waals surface area contributed by atoms with Gasteiger partial charge in [-0.3, -0.25) is 14.5 Å². The maximum Gasteiger partial charge on any atom is 0.229 e. The molecule has 2 fully saturated rings. The van der Waals surface area contributed by atoms with Crippen LogP contribution in [0.5, 0.6) is 0 Å². The molecule has 2 saturated heterocycles. The van der Waals surface area contributed by atoms with Gasteiger partial charge in [0.1, 0.15) is 0 Å². The molecule has 2 amide bonds. The minimum absolute atomic E-state index is 0.0540. The summed E-state index contributed by atoms with van der Waals surface area (Å²) in [4.78, 5) is 31.0. The molecule has 4 rings (SSSR count). The maximum absolute atomic E-state index is 13.2. The van der Waals surface area contributed by atoms with Crippen LogP contribution in [0.3, 0.4) is 0 Å². The molecule has 0 aliphatic carbocycles. The highest BCUT2D eigenvalue weighted by atomic mass is 16.2. The monoisotopic (exact) mass is 370 g/mol. The number of fused-ring (bicyclic) bond motifs is 3. The third-order valence-corrected chi connectivity index (χ3v) is 6.58. The summed E-state index contributed by atoms with van der Waals surface area (Å²) in [6.07, 6.45) is 3.48. The van der Waals surface area contributed by atoms with Crippen LogP contribution in [0.15, 0.2) is 24.3 Å². The molecular formula is C21H30N4O2. The molecule has 2 atom stereocenters. The van der Waals surface area contributed by atoms with Gasteiger partial charge in [-0.05, 0) is 37.9 Å². The number of para-hydroxylation sites is 1. The second-order valence-electron chi connectivity index (χ2n) is 8.26. The van der Waals surface area contributed by atoms with Gasteiger partial charge in [0.25, 0.3) is 0 Å². The van der Waals surface area contributed by atoms with Crippen LogP contribution in [0, 0.1) is 5.92 Å². The van der Waals surface area contributed by atoms with Crippen LogP contribution in [-0.2, 0) is 16.1 Å². The zero-order valence-corrected chi connectivity index (χ0v) is 16.4. The van der Waals surface area contributed by atoms with Gasteiger partial charge in [-0.2, -0.15) is 0 Å². The van der Waals surface area contributed by atoms with E-state index in [4.69, 9.17) is 0 Å². The molecule has 27 heavy (non-hydrogen) atoms. The van der Waals surface area contributed by atoms with Gasteiger partial charge < -0.3 is 15.1 Å². The van der Waals surface area contributed by atoms with E-state index in [9.17, 15) is 9.59 Å². The third-order valence-electron chi connectivity index (χ3n) is 6.58. The first-order chi connectivity index (χ1) is 13.0. The van der Waals surface area contributed by atoms with Crippen molar-refractivity contribution in [2.24, 2.45) is 5.92 Å². The first-order valence-corrected chi connectivity index (χ1v) is 10.1. The lowest BCUT2D eigenvalue weighted by molar-refractivity contribution is -0.148. The molecular weight excluding hydrogens is 340 g/mol. The second kappa shape index (κ2) is 7.50. The molecule has 6 nitrogen and oxygen atoms in total. The highest BCUT2D eigenvalue weighted by Crippen LogP contribution is 2.29. The number of carbonyl (C=O) groups is 2. The number of hydrogen-bond acceptors (Lipinski definition) is 4. The summed E-state index contributed by atoms with van der Waals surface area (Å²) in [6.45, 7) is 5.07. The van der Waals surface area contributed by atoms with Crippen LogP contribution in [0.25, 0.3) is 0 Å². The molecule has 0 spiro atoms. The highest BCUT2D eigenvalue weighted by Gasteiger charge is 2.39. The third kappa shape index (κ3) is 3.68. The predicted octanol–water partition coefficient (Wildman–Crippen LogP) is 1.77. The summed E-state index contributed by atoms with van der Waals surface area (Å²) >= 11 is 0. The smallest absolute Gasteiger partial charge is 0.229 e. The fourth-order valence-electron chi connectivity index (χ4n) is 4.70. The molecule has 1 aromatic carbocycles. The molecule has 1 N–H and O–H groups in total. The number of anilines is 1. The van der Waals surface area contributed by atoms with Crippen molar-refractivity contribution in [1.82, 2.24) is 14.7 Å². The summed E-state index contributed by atoms with van der Waals surface area (Å²) in [6, 6.07) is 9.33. The molecule has 1 aromatic rings. The molecule has 0 unspecified atom stereocenters. The van der Waals surface area contributed by atoms with Gasteiger partial charge in [0.2, 0.25) is 11.8 Å². The Balaban J connectivity index is 1.56. The standard InChI is InChI=1S/C21H30N4O2/c1-15(26)24-12-17(13-24)21(27)25-11-16-5-3-4-6-20(16)22-10-9-18-7-8-19(14-25)23(18)2/h3-6,17-19,22H,7-14H2,1-2H3/t18-,19+/m0/s1. The fraction of sp³-hybridized carbons (Fsp3) is 0.619. The number of carbonyl (C=O) groups excluding carboxylic acids is 2. The van der Waals surface area contributed by atoms with Crippen molar-refractivity contribution < 1.29 is 9.59 Å². The number of nitrogens with zero attached hydrogens (tertiary/aromatic N) is 3. The molecule has 0 aromatic heterocycles. The van der Waals surface area contributed by atoms with Crippen LogP contribution in [0.1, 0.15) is 31.7 Å². The summed E-state index contributed by atoms with van der Waals surface area (Å²) in [5.41, 5.74) is 2.31. The maximum atomic E-state index is 13.2. The number of rotatable bonds is 1. The largest absolute Gasteiger partial charge is 0.385 e. The molecule has 3 heterocycles. The quantitative estimate of drug-likeness (QED) is 0.819. The Bertz CT molecular complexity index is 716. The molecule has 3 aliphatic rings. The van der Waals surface area contributed by atoms with Crippen LogP contribution < -0.4 is 5.32 Å². The number of benzene rings is 1. The topological polar surface area (TPSA) is 55.9 Å². The van der Waals surface area contributed by atoms with Gasteiger partial charge in [-0.15, -0.1) is 0 Å². The lowest BCUT2D eigenvalue weighted by Gasteiger charge is -2.41. The molecule has 0 saturated carbocycles. The zero-order chi connectivity index (χ0) is 19.0. The van der Waals surface area contributed by atoms with E-state index in [1.807, 2.05) is 17.0 Å². The van der Waals surface area contributed by atoms with Crippen molar-refractivity contribution in [3.8, 4) is 0 Å². The van der Waals surface area contributed by atoms with E-state index in [1.54, 1.807) is 11.8 Å². The first-order valence-electron chi connectivity index (χ1n) is 10.1. The lowest BCUT2D eigenvalue weighted by Crippen LogP contribution is -2.57. The fourth-order valence-corrected chi connectivity index (χ4v) is 4.70. The van der Waals surface area contributed by atoms with Crippen LogP contribution in [-0.4, -0.2) is 71.8 Å². The van der Waals surface area contributed by atoms with E-state index >= 15 is 0 Å². The number of nitrogens with one attached hydrogen (secondary N) is 1. The Morgan fingerprint density at radius 2 is 1.74 bits per heavy atom. The van der Waals surface area contributed by atoms with Crippen LogP contribution in [0.4, 0.5) is 5.69 Å². The molecule has 0 radical (unpaired) electrons. The van der Waals surface area contributed by atoms with Gasteiger partial charge in [0.05, 0.1) is 5.92 Å². The van der Waals surface area contributed by atoms with Gasteiger partial charge in [0.15, 0.2) is 0 Å². The molecule has 146 valence electrons. The number of likely N-dealkylation sites (tertiary alicyclic amines) is 1. The number of amides is 2. The van der Waals surface area contributed by atoms with Crippen LogP contribution in [0.2, 0.25) is 0 Å². The summed E-state index contributed by atoms with van der Waals surface area (Å²) in [5.74, 6) is 0.199. The number of hydrogen-bond donors (Lipinski definition) is 1.